The van der Waals surface area contributed by atoms with Crippen LogP contribution in [0.1, 0.15) is 39.0 Å². The molecule has 0 aliphatic heterocycles. The lowest BCUT2D eigenvalue weighted by Crippen LogP contribution is -2.10. The number of furan rings is 1. The van der Waals surface area contributed by atoms with E-state index in [0.29, 0.717) is 10.6 Å². The first-order chi connectivity index (χ1) is 12.3. The number of allylic oxidation sites excluding steroid dienone is 1. The zero-order valence-corrected chi connectivity index (χ0v) is 16.2. The van der Waals surface area contributed by atoms with Crippen LogP contribution in [0.25, 0.3) is 17.5 Å². The molecule has 0 amide bonds. The average Bonchev–Trinajstić information content (AvgIpc) is 3.22. The normalized spacial score (nSPS) is 12.8. The van der Waals surface area contributed by atoms with E-state index in [9.17, 15) is 0 Å². The Kier molecular flexibility index (Phi) is 5.04. The Bertz CT molecular complexity index is 984. The van der Waals surface area contributed by atoms with E-state index in [-0.39, 0.29) is 5.41 Å². The molecule has 0 fully saturated rings. The SMILES string of the molecule is CC(C=Nn1c(-c2ccc(C(C)(C)C)cc2)n[nH]c1=S)=Cc1ccco1. The fraction of sp³-hybridized carbons (Fsp3) is 0.250. The third-order valence-corrected chi connectivity index (χ3v) is 4.21. The van der Waals surface area contributed by atoms with Crippen LogP contribution in [-0.2, 0) is 5.41 Å². The molecule has 2 heterocycles. The van der Waals surface area contributed by atoms with Crippen LogP contribution in [-0.4, -0.2) is 21.1 Å². The summed E-state index contributed by atoms with van der Waals surface area (Å²) in [5.74, 6) is 1.46. The Morgan fingerprint density at radius 2 is 1.96 bits per heavy atom. The minimum absolute atomic E-state index is 0.106. The number of rotatable bonds is 4. The molecule has 0 atom stereocenters. The summed E-state index contributed by atoms with van der Waals surface area (Å²) in [5.41, 5.74) is 3.27. The smallest absolute Gasteiger partial charge is 0.216 e. The molecule has 0 unspecified atom stereocenters. The van der Waals surface area contributed by atoms with Crippen LogP contribution in [0.4, 0.5) is 0 Å². The summed E-state index contributed by atoms with van der Waals surface area (Å²) in [6, 6.07) is 12.1. The van der Waals surface area contributed by atoms with Gasteiger partial charge in [0.15, 0.2) is 5.82 Å². The lowest BCUT2D eigenvalue weighted by atomic mass is 9.87. The van der Waals surface area contributed by atoms with Crippen molar-refractivity contribution in [3.63, 3.8) is 0 Å². The summed E-state index contributed by atoms with van der Waals surface area (Å²) in [5, 5.41) is 11.6. The molecule has 0 spiro atoms. The summed E-state index contributed by atoms with van der Waals surface area (Å²) in [4.78, 5) is 0. The van der Waals surface area contributed by atoms with Crippen LogP contribution >= 0.6 is 12.2 Å². The van der Waals surface area contributed by atoms with Gasteiger partial charge < -0.3 is 4.42 Å². The fourth-order valence-corrected chi connectivity index (χ4v) is 2.67. The van der Waals surface area contributed by atoms with Crippen LogP contribution < -0.4 is 0 Å². The molecule has 0 saturated heterocycles. The minimum Gasteiger partial charge on any atom is -0.465 e. The van der Waals surface area contributed by atoms with Gasteiger partial charge >= 0.3 is 0 Å². The standard InChI is InChI=1S/C20H22N4OS/c1-14(12-17-6-5-11-25-17)13-21-24-18(22-23-19(24)26)15-7-9-16(10-8-15)20(2,3)4/h5-13H,1-4H3,(H,23,26). The van der Waals surface area contributed by atoms with E-state index in [1.807, 2.05) is 37.3 Å². The molecule has 134 valence electrons. The number of aromatic nitrogens is 3. The van der Waals surface area contributed by atoms with Gasteiger partial charge in [-0.3, -0.25) is 0 Å². The zero-order chi connectivity index (χ0) is 18.7. The lowest BCUT2D eigenvalue weighted by Gasteiger charge is -2.18. The number of hydrogen-bond donors (Lipinski definition) is 1. The quantitative estimate of drug-likeness (QED) is 0.494. The van der Waals surface area contributed by atoms with Crippen molar-refractivity contribution in [2.24, 2.45) is 5.10 Å². The van der Waals surface area contributed by atoms with E-state index in [1.165, 1.54) is 5.56 Å². The van der Waals surface area contributed by atoms with Gasteiger partial charge in [-0.15, -0.1) is 0 Å². The summed E-state index contributed by atoms with van der Waals surface area (Å²) >= 11 is 5.32. The van der Waals surface area contributed by atoms with Crippen molar-refractivity contribution < 1.29 is 4.42 Å². The highest BCUT2D eigenvalue weighted by Crippen LogP contribution is 2.25. The van der Waals surface area contributed by atoms with Crippen molar-refractivity contribution in [1.82, 2.24) is 14.9 Å². The van der Waals surface area contributed by atoms with Gasteiger partial charge in [-0.2, -0.15) is 14.9 Å². The maximum absolute atomic E-state index is 5.32. The van der Waals surface area contributed by atoms with Crippen LogP contribution in [0.3, 0.4) is 0 Å². The molecule has 0 saturated carbocycles. The second-order valence-corrected chi connectivity index (χ2v) is 7.53. The maximum atomic E-state index is 5.32. The van der Waals surface area contributed by atoms with E-state index in [0.717, 1.165) is 16.9 Å². The topological polar surface area (TPSA) is 59.1 Å². The average molecular weight is 366 g/mol. The van der Waals surface area contributed by atoms with Crippen molar-refractivity contribution >= 4 is 24.5 Å². The summed E-state index contributed by atoms with van der Waals surface area (Å²) < 4.78 is 7.38. The zero-order valence-electron chi connectivity index (χ0n) is 15.4. The number of nitrogens with one attached hydrogen (secondary N) is 1. The fourth-order valence-electron chi connectivity index (χ4n) is 2.49. The molecule has 0 aliphatic rings. The lowest BCUT2D eigenvalue weighted by molar-refractivity contribution is 0.557. The summed E-state index contributed by atoms with van der Waals surface area (Å²) in [6.07, 6.45) is 5.29. The molecule has 26 heavy (non-hydrogen) atoms. The highest BCUT2D eigenvalue weighted by atomic mass is 32.1. The number of nitrogens with zero attached hydrogens (tertiary/aromatic N) is 3. The van der Waals surface area contributed by atoms with Gasteiger partial charge in [0, 0.05) is 5.56 Å². The van der Waals surface area contributed by atoms with E-state index < -0.39 is 0 Å². The summed E-state index contributed by atoms with van der Waals surface area (Å²) in [6.45, 7) is 8.52. The minimum atomic E-state index is 0.106. The Morgan fingerprint density at radius 1 is 1.23 bits per heavy atom. The van der Waals surface area contributed by atoms with Gasteiger partial charge in [-0.1, -0.05) is 45.0 Å². The molecule has 5 nitrogen and oxygen atoms in total. The van der Waals surface area contributed by atoms with Gasteiger partial charge in [-0.25, -0.2) is 5.10 Å². The van der Waals surface area contributed by atoms with Crippen LogP contribution in [0.2, 0.25) is 0 Å². The summed E-state index contributed by atoms with van der Waals surface area (Å²) in [7, 11) is 0. The first-order valence-corrected chi connectivity index (χ1v) is 8.80. The second kappa shape index (κ2) is 7.25. The predicted octanol–water partition coefficient (Wildman–Crippen LogP) is 5.44. The molecule has 0 radical (unpaired) electrons. The first kappa shape index (κ1) is 18.1. The number of benzene rings is 1. The monoisotopic (exact) mass is 366 g/mol. The Hall–Kier alpha value is -2.73. The molecule has 3 aromatic rings. The maximum Gasteiger partial charge on any atom is 0.216 e. The van der Waals surface area contributed by atoms with Gasteiger partial charge in [-0.05, 0) is 53.9 Å². The Morgan fingerprint density at radius 3 is 2.58 bits per heavy atom. The molecule has 1 aromatic carbocycles. The first-order valence-electron chi connectivity index (χ1n) is 8.39. The van der Waals surface area contributed by atoms with Crippen molar-refractivity contribution in [3.05, 3.63) is 64.3 Å². The van der Waals surface area contributed by atoms with E-state index in [2.05, 4.69) is 48.2 Å². The number of hydrogen-bond acceptors (Lipinski definition) is 4. The van der Waals surface area contributed by atoms with Gasteiger partial charge in [0.25, 0.3) is 0 Å². The van der Waals surface area contributed by atoms with Gasteiger partial charge in [0.05, 0.1) is 12.5 Å². The van der Waals surface area contributed by atoms with Gasteiger partial charge in [0.2, 0.25) is 4.77 Å². The Balaban J connectivity index is 1.90. The molecular weight excluding hydrogens is 344 g/mol. The highest BCUT2D eigenvalue weighted by Gasteiger charge is 2.14. The number of aromatic amines is 1. The molecule has 0 bridgehead atoms. The van der Waals surface area contributed by atoms with Crippen LogP contribution in [0.15, 0.2) is 57.8 Å². The van der Waals surface area contributed by atoms with Crippen molar-refractivity contribution in [2.75, 3.05) is 0 Å². The van der Waals surface area contributed by atoms with Gasteiger partial charge in [0.1, 0.15) is 5.76 Å². The van der Waals surface area contributed by atoms with Crippen LogP contribution in [0.5, 0.6) is 0 Å². The molecule has 6 heteroatoms. The number of H-pyrrole nitrogens is 1. The third-order valence-electron chi connectivity index (χ3n) is 3.95. The molecule has 3 rings (SSSR count). The Labute approximate surface area is 158 Å². The van der Waals surface area contributed by atoms with E-state index in [1.54, 1.807) is 17.2 Å². The van der Waals surface area contributed by atoms with E-state index >= 15 is 0 Å². The van der Waals surface area contributed by atoms with Crippen molar-refractivity contribution in [1.29, 1.82) is 0 Å². The second-order valence-electron chi connectivity index (χ2n) is 7.14. The predicted molar refractivity (Wildman–Crippen MR) is 108 cm³/mol. The largest absolute Gasteiger partial charge is 0.465 e. The molecular formula is C20H22N4OS. The van der Waals surface area contributed by atoms with E-state index in [4.69, 9.17) is 16.6 Å². The molecule has 1 N–H and O–H groups in total. The van der Waals surface area contributed by atoms with Crippen LogP contribution in [0, 0.1) is 4.77 Å². The van der Waals surface area contributed by atoms with Crippen molar-refractivity contribution in [3.8, 4) is 11.4 Å². The third kappa shape index (κ3) is 4.08. The molecule has 0 aliphatic carbocycles. The highest BCUT2D eigenvalue weighted by molar-refractivity contribution is 7.71. The molecule has 2 aromatic heterocycles. The van der Waals surface area contributed by atoms with Crippen molar-refractivity contribution in [2.45, 2.75) is 33.1 Å².